The maximum atomic E-state index is 12.6. The van der Waals surface area contributed by atoms with Crippen molar-refractivity contribution in [3.8, 4) is 0 Å². The van der Waals surface area contributed by atoms with Crippen LogP contribution in [-0.4, -0.2) is 56.9 Å². The zero-order valence-corrected chi connectivity index (χ0v) is 14.7. The lowest BCUT2D eigenvalue weighted by molar-refractivity contribution is 0.0770. The predicted octanol–water partition coefficient (Wildman–Crippen LogP) is 1.74. The van der Waals surface area contributed by atoms with Crippen molar-refractivity contribution in [2.75, 3.05) is 31.1 Å². The largest absolute Gasteiger partial charge is 0.356 e. The third-order valence-corrected chi connectivity index (χ3v) is 6.05. The number of hydrogen-bond donors (Lipinski definition) is 0. The van der Waals surface area contributed by atoms with Crippen molar-refractivity contribution in [2.24, 2.45) is 11.8 Å². The number of hydrogen-bond acceptors (Lipinski definition) is 6. The average molecular weight is 350 g/mol. The summed E-state index contributed by atoms with van der Waals surface area (Å²) >= 11 is 0. The van der Waals surface area contributed by atoms with Gasteiger partial charge in [-0.1, -0.05) is 6.42 Å². The highest BCUT2D eigenvalue weighted by Crippen LogP contribution is 2.37. The molecule has 0 radical (unpaired) electrons. The van der Waals surface area contributed by atoms with E-state index in [2.05, 4.69) is 30.9 Å². The van der Waals surface area contributed by atoms with Gasteiger partial charge in [-0.15, -0.1) is 0 Å². The van der Waals surface area contributed by atoms with Crippen molar-refractivity contribution in [2.45, 2.75) is 25.2 Å². The van der Waals surface area contributed by atoms with Gasteiger partial charge in [-0.2, -0.15) is 0 Å². The molecule has 4 heterocycles. The van der Waals surface area contributed by atoms with Crippen LogP contribution in [0, 0.1) is 11.8 Å². The van der Waals surface area contributed by atoms with E-state index < -0.39 is 0 Å². The number of carbonyl (C=O) groups excluding carboxylic acids is 1. The van der Waals surface area contributed by atoms with E-state index in [1.54, 1.807) is 24.8 Å². The van der Waals surface area contributed by atoms with Gasteiger partial charge in [0.1, 0.15) is 12.1 Å². The van der Waals surface area contributed by atoms with E-state index in [0.29, 0.717) is 23.6 Å². The van der Waals surface area contributed by atoms with Crippen LogP contribution in [0.25, 0.3) is 0 Å². The van der Waals surface area contributed by atoms with E-state index in [-0.39, 0.29) is 5.91 Å². The monoisotopic (exact) mass is 350 g/mol. The molecule has 3 fully saturated rings. The minimum absolute atomic E-state index is 0.0548. The van der Waals surface area contributed by atoms with Gasteiger partial charge in [0.15, 0.2) is 0 Å². The van der Waals surface area contributed by atoms with E-state index in [4.69, 9.17) is 0 Å². The molecule has 7 heteroatoms. The molecule has 134 valence electrons. The predicted molar refractivity (Wildman–Crippen MR) is 95.8 cm³/mol. The lowest BCUT2D eigenvalue weighted by Crippen LogP contribution is -2.34. The molecule has 0 aromatic carbocycles. The normalized spacial score (nSPS) is 25.2. The van der Waals surface area contributed by atoms with Gasteiger partial charge in [0.2, 0.25) is 5.82 Å². The summed E-state index contributed by atoms with van der Waals surface area (Å²) in [7, 11) is 0. The Kier molecular flexibility index (Phi) is 3.80. The molecule has 3 aliphatic rings. The summed E-state index contributed by atoms with van der Waals surface area (Å²) in [5, 5.41) is 0. The fraction of sp³-hybridized carbons (Fsp3) is 0.526. The molecule has 5 rings (SSSR count). The number of rotatable bonds is 3. The summed E-state index contributed by atoms with van der Waals surface area (Å²) in [4.78, 5) is 34.0. The smallest absolute Gasteiger partial charge is 0.291 e. The van der Waals surface area contributed by atoms with Crippen LogP contribution in [0.1, 0.15) is 41.5 Å². The second kappa shape index (κ2) is 6.30. The Hall–Kier alpha value is -2.57. The van der Waals surface area contributed by atoms with Crippen molar-refractivity contribution in [3.05, 3.63) is 42.4 Å². The summed E-state index contributed by atoms with van der Waals surface area (Å²) in [6.07, 6.45) is 8.76. The minimum atomic E-state index is -0.0548. The Labute approximate surface area is 152 Å². The Morgan fingerprint density at radius 2 is 1.69 bits per heavy atom. The van der Waals surface area contributed by atoms with Gasteiger partial charge in [0, 0.05) is 68.1 Å². The van der Waals surface area contributed by atoms with E-state index >= 15 is 0 Å². The van der Waals surface area contributed by atoms with Crippen LogP contribution in [0.3, 0.4) is 0 Å². The van der Waals surface area contributed by atoms with Crippen molar-refractivity contribution < 1.29 is 4.79 Å². The number of likely N-dealkylation sites (tertiary alicyclic amines) is 1. The highest BCUT2D eigenvalue weighted by Gasteiger charge is 2.42. The van der Waals surface area contributed by atoms with E-state index in [1.807, 2.05) is 4.90 Å². The Bertz CT molecular complexity index is 795. The molecule has 0 N–H and O–H groups in total. The topological polar surface area (TPSA) is 75.1 Å². The number of carbonyl (C=O) groups is 1. The Morgan fingerprint density at radius 1 is 0.962 bits per heavy atom. The highest BCUT2D eigenvalue weighted by molar-refractivity contribution is 5.90. The van der Waals surface area contributed by atoms with Crippen LogP contribution in [0.5, 0.6) is 0 Å². The van der Waals surface area contributed by atoms with E-state index in [1.165, 1.54) is 25.0 Å². The number of amides is 1. The van der Waals surface area contributed by atoms with Gasteiger partial charge < -0.3 is 9.80 Å². The van der Waals surface area contributed by atoms with Crippen molar-refractivity contribution >= 4 is 11.7 Å². The Balaban J connectivity index is 1.25. The zero-order valence-electron chi connectivity index (χ0n) is 14.7. The lowest BCUT2D eigenvalue weighted by atomic mass is 9.83. The molecule has 2 aromatic heterocycles. The molecule has 2 aliphatic heterocycles. The van der Waals surface area contributed by atoms with Crippen LogP contribution < -0.4 is 4.90 Å². The number of anilines is 1. The lowest BCUT2D eigenvalue weighted by Gasteiger charge is -2.26. The van der Waals surface area contributed by atoms with E-state index in [9.17, 15) is 4.79 Å². The highest BCUT2D eigenvalue weighted by atomic mass is 16.2. The quantitative estimate of drug-likeness (QED) is 0.839. The van der Waals surface area contributed by atoms with Gasteiger partial charge in [-0.05, 0) is 18.9 Å². The molecular formula is C19H22N6O. The van der Waals surface area contributed by atoms with Gasteiger partial charge in [-0.3, -0.25) is 4.79 Å². The molecule has 0 spiro atoms. The van der Waals surface area contributed by atoms with Gasteiger partial charge in [0.25, 0.3) is 5.91 Å². The molecule has 2 saturated heterocycles. The van der Waals surface area contributed by atoms with Gasteiger partial charge in [-0.25, -0.2) is 19.9 Å². The number of nitrogens with zero attached hydrogens (tertiary/aromatic N) is 6. The first-order valence-corrected chi connectivity index (χ1v) is 9.41. The minimum Gasteiger partial charge on any atom is -0.356 e. The molecule has 2 atom stereocenters. The summed E-state index contributed by atoms with van der Waals surface area (Å²) in [5.41, 5.74) is 1.19. The molecule has 1 amide bonds. The van der Waals surface area contributed by atoms with Crippen LogP contribution in [-0.2, 0) is 0 Å². The second-order valence-electron chi connectivity index (χ2n) is 7.64. The van der Waals surface area contributed by atoms with Gasteiger partial charge >= 0.3 is 0 Å². The molecule has 2 unspecified atom stereocenters. The summed E-state index contributed by atoms with van der Waals surface area (Å²) in [6.45, 7) is 3.45. The molecule has 7 nitrogen and oxygen atoms in total. The first kappa shape index (κ1) is 15.7. The standard InChI is InChI=1S/C19H22N6O/c26-19(18-20-5-2-6-21-18)25-10-14-8-24(9-15(14)11-25)17-7-16(22-12-23-17)13-3-1-4-13/h2,5-7,12-15H,1,3-4,8-11H2. The number of fused-ring (bicyclic) bond motifs is 1. The summed E-state index contributed by atoms with van der Waals surface area (Å²) in [5.74, 6) is 2.89. The number of aromatic nitrogens is 4. The van der Waals surface area contributed by atoms with Crippen molar-refractivity contribution in [3.63, 3.8) is 0 Å². The van der Waals surface area contributed by atoms with Crippen LogP contribution in [0.2, 0.25) is 0 Å². The fourth-order valence-electron chi connectivity index (χ4n) is 4.36. The maximum absolute atomic E-state index is 12.6. The van der Waals surface area contributed by atoms with Crippen molar-refractivity contribution in [1.82, 2.24) is 24.8 Å². The molecule has 2 aromatic rings. The summed E-state index contributed by atoms with van der Waals surface area (Å²) in [6, 6.07) is 3.90. The molecule has 1 aliphatic carbocycles. The maximum Gasteiger partial charge on any atom is 0.291 e. The average Bonchev–Trinajstić information content (AvgIpc) is 3.20. The SMILES string of the molecule is O=C(c1ncccn1)N1CC2CN(c3cc(C4CCC4)ncn3)CC2C1. The third-order valence-electron chi connectivity index (χ3n) is 6.05. The third kappa shape index (κ3) is 2.71. The molecule has 1 saturated carbocycles. The summed E-state index contributed by atoms with van der Waals surface area (Å²) < 4.78 is 0. The molecular weight excluding hydrogens is 328 g/mol. The van der Waals surface area contributed by atoms with Gasteiger partial charge in [0.05, 0.1) is 0 Å². The van der Waals surface area contributed by atoms with E-state index in [0.717, 1.165) is 32.0 Å². The van der Waals surface area contributed by atoms with Crippen LogP contribution in [0.15, 0.2) is 30.9 Å². The zero-order chi connectivity index (χ0) is 17.5. The van der Waals surface area contributed by atoms with Crippen molar-refractivity contribution in [1.29, 1.82) is 0 Å². The first-order valence-electron chi connectivity index (χ1n) is 9.41. The second-order valence-corrected chi connectivity index (χ2v) is 7.64. The first-order chi connectivity index (χ1) is 12.8. The van der Waals surface area contributed by atoms with Crippen LogP contribution in [0.4, 0.5) is 5.82 Å². The molecule has 26 heavy (non-hydrogen) atoms. The fourth-order valence-corrected chi connectivity index (χ4v) is 4.36. The van der Waals surface area contributed by atoms with Crippen LogP contribution >= 0.6 is 0 Å². The Morgan fingerprint density at radius 3 is 2.35 bits per heavy atom. The molecule has 0 bridgehead atoms.